The fourth-order valence-electron chi connectivity index (χ4n) is 2.84. The van der Waals surface area contributed by atoms with Crippen LogP contribution in [0.1, 0.15) is 47.6 Å². The molecule has 126 valence electrons. The largest absolute Gasteiger partial charge is 0.303 e. The maximum Gasteiger partial charge on any atom is 0.123 e. The van der Waals surface area contributed by atoms with E-state index in [0.29, 0.717) is 0 Å². The Morgan fingerprint density at radius 3 is 2.42 bits per heavy atom. The zero-order valence-electron chi connectivity index (χ0n) is 14.9. The van der Waals surface area contributed by atoms with E-state index < -0.39 is 0 Å². The summed E-state index contributed by atoms with van der Waals surface area (Å²) in [5.41, 5.74) is 4.76. The van der Waals surface area contributed by atoms with Gasteiger partial charge in [-0.2, -0.15) is 5.10 Å². The molecule has 1 aromatic carbocycles. The minimum Gasteiger partial charge on any atom is -0.303 e. The van der Waals surface area contributed by atoms with Crippen LogP contribution in [0.15, 0.2) is 36.7 Å². The van der Waals surface area contributed by atoms with Crippen molar-refractivity contribution in [2.24, 2.45) is 7.05 Å². The first-order chi connectivity index (χ1) is 11.4. The molecule has 0 spiro atoms. The fraction of sp³-hybridized carbons (Fsp3) is 0.368. The number of rotatable bonds is 5. The van der Waals surface area contributed by atoms with Crippen LogP contribution in [-0.4, -0.2) is 14.8 Å². The molecule has 0 amide bonds. The van der Waals surface area contributed by atoms with E-state index in [1.54, 1.807) is 11.3 Å². The normalized spacial score (nSPS) is 13.9. The lowest BCUT2D eigenvalue weighted by Crippen LogP contribution is -2.22. The summed E-state index contributed by atoms with van der Waals surface area (Å²) >= 11 is 1.77. The third-order valence-corrected chi connectivity index (χ3v) is 5.64. The van der Waals surface area contributed by atoms with Crippen molar-refractivity contribution >= 4 is 11.3 Å². The Kier molecular flexibility index (Phi) is 4.83. The summed E-state index contributed by atoms with van der Waals surface area (Å²) in [4.78, 5) is 6.07. The van der Waals surface area contributed by atoms with Gasteiger partial charge in [0.1, 0.15) is 5.01 Å². The third-order valence-electron chi connectivity index (χ3n) is 4.25. The van der Waals surface area contributed by atoms with E-state index in [9.17, 15) is 0 Å². The highest BCUT2D eigenvalue weighted by Gasteiger charge is 2.18. The topological polar surface area (TPSA) is 42.7 Å². The molecule has 0 radical (unpaired) electrons. The first-order valence-corrected chi connectivity index (χ1v) is 9.04. The maximum absolute atomic E-state index is 4.78. The molecule has 4 nitrogen and oxygen atoms in total. The second-order valence-corrected chi connectivity index (χ2v) is 7.42. The molecule has 0 unspecified atom stereocenters. The first-order valence-electron chi connectivity index (χ1n) is 8.23. The molecular formula is C19H24N4S. The molecule has 0 bridgehead atoms. The Morgan fingerprint density at radius 1 is 1.08 bits per heavy atom. The number of aromatic nitrogens is 3. The number of nitrogens with zero attached hydrogens (tertiary/aromatic N) is 3. The Labute approximate surface area is 147 Å². The summed E-state index contributed by atoms with van der Waals surface area (Å²) in [6.07, 6.45) is 3.98. The van der Waals surface area contributed by atoms with Crippen molar-refractivity contribution in [1.29, 1.82) is 0 Å². The molecule has 0 fully saturated rings. The Morgan fingerprint density at radius 2 is 1.79 bits per heavy atom. The number of thiazole rings is 1. The molecule has 3 aromatic rings. The molecule has 0 aliphatic rings. The van der Waals surface area contributed by atoms with Gasteiger partial charge >= 0.3 is 0 Å². The summed E-state index contributed by atoms with van der Waals surface area (Å²) in [5, 5.41) is 9.00. The van der Waals surface area contributed by atoms with Gasteiger partial charge < -0.3 is 5.32 Å². The number of aryl methyl sites for hydroxylation is 3. The maximum atomic E-state index is 4.78. The second kappa shape index (κ2) is 6.87. The van der Waals surface area contributed by atoms with Crippen LogP contribution in [-0.2, 0) is 7.05 Å². The van der Waals surface area contributed by atoms with Crippen molar-refractivity contribution in [2.45, 2.75) is 39.8 Å². The van der Waals surface area contributed by atoms with Gasteiger partial charge in [-0.05, 0) is 27.7 Å². The van der Waals surface area contributed by atoms with E-state index in [4.69, 9.17) is 4.98 Å². The van der Waals surface area contributed by atoms with Crippen LogP contribution in [0.5, 0.6) is 0 Å². The van der Waals surface area contributed by atoms with Gasteiger partial charge in [0.2, 0.25) is 0 Å². The van der Waals surface area contributed by atoms with Crippen molar-refractivity contribution in [1.82, 2.24) is 20.1 Å². The van der Waals surface area contributed by atoms with Crippen molar-refractivity contribution in [3.05, 3.63) is 58.4 Å². The average Bonchev–Trinajstić information content (AvgIpc) is 3.14. The van der Waals surface area contributed by atoms with Crippen LogP contribution in [0.25, 0.3) is 10.6 Å². The van der Waals surface area contributed by atoms with Gasteiger partial charge in [-0.25, -0.2) is 4.98 Å². The average molecular weight is 340 g/mol. The smallest absolute Gasteiger partial charge is 0.123 e. The molecule has 2 heterocycles. The van der Waals surface area contributed by atoms with Gasteiger partial charge in [-0.15, -0.1) is 11.3 Å². The van der Waals surface area contributed by atoms with E-state index in [-0.39, 0.29) is 12.1 Å². The SMILES string of the molecule is Cc1ccc(-c2nc(C)c([C@H](C)N[C@@H](C)c3cnn(C)c3)s2)cc1. The van der Waals surface area contributed by atoms with Crippen LogP contribution >= 0.6 is 11.3 Å². The Balaban J connectivity index is 1.77. The molecule has 0 saturated carbocycles. The van der Waals surface area contributed by atoms with Gasteiger partial charge in [0.05, 0.1) is 11.9 Å². The van der Waals surface area contributed by atoms with Crippen molar-refractivity contribution in [3.63, 3.8) is 0 Å². The van der Waals surface area contributed by atoms with Crippen LogP contribution in [0.4, 0.5) is 0 Å². The first kappa shape index (κ1) is 16.9. The summed E-state index contributed by atoms with van der Waals surface area (Å²) < 4.78 is 1.84. The van der Waals surface area contributed by atoms with Crippen LogP contribution in [0, 0.1) is 13.8 Å². The Hall–Kier alpha value is -1.98. The molecule has 0 saturated heterocycles. The number of benzene rings is 1. The lowest BCUT2D eigenvalue weighted by molar-refractivity contribution is 0.498. The molecule has 1 N–H and O–H groups in total. The molecular weight excluding hydrogens is 316 g/mol. The van der Waals surface area contributed by atoms with Crippen molar-refractivity contribution in [2.75, 3.05) is 0 Å². The lowest BCUT2D eigenvalue weighted by atomic mass is 10.1. The molecule has 24 heavy (non-hydrogen) atoms. The van der Waals surface area contributed by atoms with Crippen LogP contribution < -0.4 is 5.32 Å². The van der Waals surface area contributed by atoms with E-state index in [1.165, 1.54) is 21.6 Å². The van der Waals surface area contributed by atoms with Gasteiger partial charge in [-0.1, -0.05) is 29.8 Å². The summed E-state index contributed by atoms with van der Waals surface area (Å²) in [6, 6.07) is 9.06. The molecule has 2 atom stereocenters. The van der Waals surface area contributed by atoms with Gasteiger partial charge in [0, 0.05) is 41.3 Å². The molecule has 2 aromatic heterocycles. The lowest BCUT2D eigenvalue weighted by Gasteiger charge is -2.18. The van der Waals surface area contributed by atoms with Gasteiger partial charge in [0.15, 0.2) is 0 Å². The fourth-order valence-corrected chi connectivity index (χ4v) is 3.92. The zero-order chi connectivity index (χ0) is 17.3. The minimum absolute atomic E-state index is 0.247. The van der Waals surface area contributed by atoms with Crippen molar-refractivity contribution in [3.8, 4) is 10.6 Å². The quantitative estimate of drug-likeness (QED) is 0.740. The second-order valence-electron chi connectivity index (χ2n) is 6.39. The third kappa shape index (κ3) is 3.57. The molecule has 3 rings (SSSR count). The molecule has 0 aliphatic heterocycles. The van der Waals surface area contributed by atoms with Crippen LogP contribution in [0.2, 0.25) is 0 Å². The monoisotopic (exact) mass is 340 g/mol. The van der Waals surface area contributed by atoms with Crippen LogP contribution in [0.3, 0.4) is 0 Å². The number of hydrogen-bond acceptors (Lipinski definition) is 4. The molecule has 0 aliphatic carbocycles. The number of hydrogen-bond donors (Lipinski definition) is 1. The summed E-state index contributed by atoms with van der Waals surface area (Å²) in [6.45, 7) is 8.57. The van der Waals surface area contributed by atoms with Gasteiger partial charge in [0.25, 0.3) is 0 Å². The van der Waals surface area contributed by atoms with Gasteiger partial charge in [-0.3, -0.25) is 4.68 Å². The highest BCUT2D eigenvalue weighted by molar-refractivity contribution is 7.15. The standard InChI is InChI=1S/C19H24N4S/c1-12-6-8-16(9-7-12)19-22-15(4)18(24-19)14(3)21-13(2)17-10-20-23(5)11-17/h6-11,13-14,21H,1-5H3/t13-,14-/m0/s1. The molecule has 5 heteroatoms. The summed E-state index contributed by atoms with van der Waals surface area (Å²) in [7, 11) is 1.95. The predicted octanol–water partition coefficient (Wildman–Crippen LogP) is 4.57. The summed E-state index contributed by atoms with van der Waals surface area (Å²) in [5.74, 6) is 0. The van der Waals surface area contributed by atoms with E-state index >= 15 is 0 Å². The highest BCUT2D eigenvalue weighted by atomic mass is 32.1. The van der Waals surface area contributed by atoms with Crippen molar-refractivity contribution < 1.29 is 0 Å². The predicted molar refractivity (Wildman–Crippen MR) is 100 cm³/mol. The van der Waals surface area contributed by atoms with E-state index in [1.807, 2.05) is 17.9 Å². The van der Waals surface area contributed by atoms with E-state index in [2.05, 4.69) is 68.6 Å². The van der Waals surface area contributed by atoms with E-state index in [0.717, 1.165) is 10.7 Å². The highest BCUT2D eigenvalue weighted by Crippen LogP contribution is 2.32. The minimum atomic E-state index is 0.247. The zero-order valence-corrected chi connectivity index (χ0v) is 15.7. The number of nitrogens with one attached hydrogen (secondary N) is 1. The Bertz CT molecular complexity index is 816.